The molecule has 2 aromatic carbocycles. The summed E-state index contributed by atoms with van der Waals surface area (Å²) in [6.45, 7) is 1.86. The van der Waals surface area contributed by atoms with Crippen LogP contribution in [-0.2, 0) is 11.2 Å². The van der Waals surface area contributed by atoms with Gasteiger partial charge in [-0.05, 0) is 49.1 Å². The monoisotopic (exact) mass is 462 g/mol. The number of nitrogens with one attached hydrogen (secondary N) is 1. The SMILES string of the molecule is COc1ccccc1-n1c(SCC(=O)Nc2ccc(CC#N)cc2)nnc1N1CCCCC1. The number of nitriles is 1. The molecule has 0 aliphatic carbocycles. The van der Waals surface area contributed by atoms with E-state index in [1.54, 1.807) is 19.2 Å². The van der Waals surface area contributed by atoms with E-state index in [-0.39, 0.29) is 11.7 Å². The summed E-state index contributed by atoms with van der Waals surface area (Å²) >= 11 is 1.34. The van der Waals surface area contributed by atoms with Gasteiger partial charge in [-0.25, -0.2) is 0 Å². The smallest absolute Gasteiger partial charge is 0.234 e. The number of anilines is 2. The highest BCUT2D eigenvalue weighted by atomic mass is 32.2. The summed E-state index contributed by atoms with van der Waals surface area (Å²) in [4.78, 5) is 14.8. The van der Waals surface area contributed by atoms with Gasteiger partial charge in [-0.15, -0.1) is 10.2 Å². The van der Waals surface area contributed by atoms with Crippen LogP contribution in [0.25, 0.3) is 5.69 Å². The molecule has 0 spiro atoms. The van der Waals surface area contributed by atoms with Crippen molar-refractivity contribution < 1.29 is 9.53 Å². The normalized spacial score (nSPS) is 13.4. The molecule has 170 valence electrons. The minimum atomic E-state index is -0.137. The van der Waals surface area contributed by atoms with E-state index in [2.05, 4.69) is 26.5 Å². The molecule has 1 amide bonds. The topological polar surface area (TPSA) is 96.1 Å². The number of carbonyl (C=O) groups excluding carboxylic acids is 1. The van der Waals surface area contributed by atoms with E-state index in [0.717, 1.165) is 48.9 Å². The lowest BCUT2D eigenvalue weighted by Crippen LogP contribution is -2.31. The van der Waals surface area contributed by atoms with Crippen LogP contribution in [0.1, 0.15) is 24.8 Å². The summed E-state index contributed by atoms with van der Waals surface area (Å²) in [6.07, 6.45) is 3.81. The first-order valence-electron chi connectivity index (χ1n) is 10.9. The summed E-state index contributed by atoms with van der Waals surface area (Å²) in [5.74, 6) is 1.55. The predicted octanol–water partition coefficient (Wildman–Crippen LogP) is 4.06. The molecule has 33 heavy (non-hydrogen) atoms. The highest BCUT2D eigenvalue weighted by Crippen LogP contribution is 2.32. The van der Waals surface area contributed by atoms with Crippen LogP contribution >= 0.6 is 11.8 Å². The average Bonchev–Trinajstić information content (AvgIpc) is 3.28. The molecule has 0 saturated carbocycles. The Bertz CT molecular complexity index is 1130. The van der Waals surface area contributed by atoms with Gasteiger partial charge in [0.25, 0.3) is 0 Å². The fourth-order valence-corrected chi connectivity index (χ4v) is 4.54. The van der Waals surface area contributed by atoms with Gasteiger partial charge in [0.05, 0.1) is 31.0 Å². The number of piperidine rings is 1. The number of amides is 1. The van der Waals surface area contributed by atoms with E-state index >= 15 is 0 Å². The fraction of sp³-hybridized carbons (Fsp3) is 0.333. The maximum Gasteiger partial charge on any atom is 0.234 e. The van der Waals surface area contributed by atoms with Gasteiger partial charge in [0.15, 0.2) is 5.16 Å². The number of hydrogen-bond acceptors (Lipinski definition) is 7. The van der Waals surface area contributed by atoms with Gasteiger partial charge in [0, 0.05) is 18.8 Å². The molecule has 2 heterocycles. The number of carbonyl (C=O) groups is 1. The van der Waals surface area contributed by atoms with E-state index in [9.17, 15) is 4.79 Å². The quantitative estimate of drug-likeness (QED) is 0.504. The Labute approximate surface area is 197 Å². The zero-order chi connectivity index (χ0) is 23.0. The van der Waals surface area contributed by atoms with Gasteiger partial charge >= 0.3 is 0 Å². The molecule has 0 bridgehead atoms. The molecule has 3 aromatic rings. The van der Waals surface area contributed by atoms with Crippen molar-refractivity contribution >= 4 is 29.3 Å². The van der Waals surface area contributed by atoms with Crippen LogP contribution in [0, 0.1) is 11.3 Å². The summed E-state index contributed by atoms with van der Waals surface area (Å²) in [5.41, 5.74) is 2.46. The van der Waals surface area contributed by atoms with Crippen LogP contribution in [0.2, 0.25) is 0 Å². The van der Waals surface area contributed by atoms with Gasteiger partial charge in [-0.1, -0.05) is 36.0 Å². The Kier molecular flexibility index (Phi) is 7.47. The van der Waals surface area contributed by atoms with Crippen molar-refractivity contribution in [3.8, 4) is 17.5 Å². The average molecular weight is 463 g/mol. The number of thioether (sulfide) groups is 1. The van der Waals surface area contributed by atoms with Gasteiger partial charge in [-0.3, -0.25) is 9.36 Å². The molecule has 1 saturated heterocycles. The number of rotatable bonds is 8. The van der Waals surface area contributed by atoms with E-state index in [4.69, 9.17) is 10.00 Å². The highest BCUT2D eigenvalue weighted by molar-refractivity contribution is 7.99. The Hall–Kier alpha value is -3.51. The summed E-state index contributed by atoms with van der Waals surface area (Å²) in [5, 5.41) is 21.2. The Morgan fingerprint density at radius 2 is 1.88 bits per heavy atom. The maximum absolute atomic E-state index is 12.6. The Balaban J connectivity index is 1.53. The number of para-hydroxylation sites is 2. The van der Waals surface area contributed by atoms with Crippen LogP contribution in [-0.4, -0.2) is 46.6 Å². The second kappa shape index (κ2) is 10.9. The van der Waals surface area contributed by atoms with Crippen LogP contribution < -0.4 is 15.0 Å². The number of methoxy groups -OCH3 is 1. The number of benzene rings is 2. The van der Waals surface area contributed by atoms with E-state index in [1.165, 1.54) is 18.2 Å². The number of hydrogen-bond donors (Lipinski definition) is 1. The molecule has 1 N–H and O–H groups in total. The lowest BCUT2D eigenvalue weighted by Gasteiger charge is -2.28. The van der Waals surface area contributed by atoms with Crippen molar-refractivity contribution in [2.75, 3.05) is 36.2 Å². The number of ether oxygens (including phenoxy) is 1. The molecule has 9 heteroatoms. The van der Waals surface area contributed by atoms with Crippen molar-refractivity contribution in [3.05, 3.63) is 54.1 Å². The Morgan fingerprint density at radius 1 is 1.12 bits per heavy atom. The molecule has 1 aromatic heterocycles. The van der Waals surface area contributed by atoms with Crippen LogP contribution in [0.4, 0.5) is 11.6 Å². The summed E-state index contributed by atoms with van der Waals surface area (Å²) in [6, 6.07) is 17.2. The van der Waals surface area contributed by atoms with Crippen LogP contribution in [0.5, 0.6) is 5.75 Å². The van der Waals surface area contributed by atoms with Crippen molar-refractivity contribution in [2.45, 2.75) is 30.8 Å². The zero-order valence-electron chi connectivity index (χ0n) is 18.5. The van der Waals surface area contributed by atoms with Crippen molar-refractivity contribution in [1.82, 2.24) is 14.8 Å². The first-order valence-corrected chi connectivity index (χ1v) is 11.9. The first-order chi connectivity index (χ1) is 16.2. The minimum Gasteiger partial charge on any atom is -0.495 e. The molecular formula is C24H26N6O2S. The standard InChI is InChI=1S/C24H26N6O2S/c1-32-21-8-4-3-7-20(21)30-23(29-15-5-2-6-16-29)27-28-24(30)33-17-22(31)26-19-11-9-18(10-12-19)13-14-25/h3-4,7-12H,2,5-6,13,15-17H2,1H3,(H,26,31). The maximum atomic E-state index is 12.6. The summed E-state index contributed by atoms with van der Waals surface area (Å²) < 4.78 is 7.58. The van der Waals surface area contributed by atoms with Gasteiger partial charge < -0.3 is 15.0 Å². The third-order valence-corrected chi connectivity index (χ3v) is 6.36. The van der Waals surface area contributed by atoms with Crippen molar-refractivity contribution in [2.24, 2.45) is 0 Å². The van der Waals surface area contributed by atoms with E-state index in [0.29, 0.717) is 17.3 Å². The van der Waals surface area contributed by atoms with Crippen LogP contribution in [0.15, 0.2) is 53.7 Å². The third-order valence-electron chi connectivity index (χ3n) is 5.43. The highest BCUT2D eigenvalue weighted by Gasteiger charge is 2.23. The second-order valence-electron chi connectivity index (χ2n) is 7.71. The number of nitrogens with zero attached hydrogens (tertiary/aromatic N) is 5. The zero-order valence-corrected chi connectivity index (χ0v) is 19.3. The number of aromatic nitrogens is 3. The van der Waals surface area contributed by atoms with Crippen molar-refractivity contribution in [3.63, 3.8) is 0 Å². The fourth-order valence-electron chi connectivity index (χ4n) is 3.80. The third kappa shape index (κ3) is 5.46. The second-order valence-corrected chi connectivity index (χ2v) is 8.65. The molecular weight excluding hydrogens is 436 g/mol. The summed E-state index contributed by atoms with van der Waals surface area (Å²) in [7, 11) is 1.64. The lowest BCUT2D eigenvalue weighted by molar-refractivity contribution is -0.113. The van der Waals surface area contributed by atoms with Crippen molar-refractivity contribution in [1.29, 1.82) is 5.26 Å². The van der Waals surface area contributed by atoms with E-state index in [1.807, 2.05) is 41.0 Å². The van der Waals surface area contributed by atoms with Gasteiger partial charge in [-0.2, -0.15) is 5.26 Å². The molecule has 0 radical (unpaired) electrons. The van der Waals surface area contributed by atoms with Gasteiger partial charge in [0.1, 0.15) is 5.75 Å². The van der Waals surface area contributed by atoms with E-state index < -0.39 is 0 Å². The largest absolute Gasteiger partial charge is 0.495 e. The lowest BCUT2D eigenvalue weighted by atomic mass is 10.1. The van der Waals surface area contributed by atoms with Gasteiger partial charge in [0.2, 0.25) is 11.9 Å². The molecule has 1 aliphatic heterocycles. The predicted molar refractivity (Wildman–Crippen MR) is 129 cm³/mol. The van der Waals surface area contributed by atoms with Crippen LogP contribution in [0.3, 0.4) is 0 Å². The molecule has 8 nitrogen and oxygen atoms in total. The minimum absolute atomic E-state index is 0.137. The molecule has 1 fully saturated rings. The first kappa shape index (κ1) is 22.7. The molecule has 0 unspecified atom stereocenters. The molecule has 0 atom stereocenters. The molecule has 1 aliphatic rings. The Morgan fingerprint density at radius 3 is 2.61 bits per heavy atom. The molecule has 4 rings (SSSR count).